The molecule has 1 atom stereocenters. The number of halogens is 1. The quantitative estimate of drug-likeness (QED) is 0.877. The molecule has 0 spiro atoms. The van der Waals surface area contributed by atoms with E-state index in [-0.39, 0.29) is 5.92 Å². The fraction of sp³-hybridized carbons (Fsp3) is 0.462. The lowest BCUT2D eigenvalue weighted by atomic mass is 9.94. The molecule has 1 saturated carbocycles. The number of rotatable bonds is 5. The van der Waals surface area contributed by atoms with E-state index >= 15 is 0 Å². The molecule has 3 nitrogen and oxygen atoms in total. The Bertz CT molecular complexity index is 427. The molecule has 1 fully saturated rings. The SMILES string of the molecule is CCOc1ccc(C(C(=O)O)C2CC2)cc1Cl. The molecule has 92 valence electrons. The van der Waals surface area contributed by atoms with Gasteiger partial charge in [0.15, 0.2) is 0 Å². The minimum absolute atomic E-state index is 0.265. The highest BCUT2D eigenvalue weighted by atomic mass is 35.5. The number of benzene rings is 1. The van der Waals surface area contributed by atoms with Gasteiger partial charge < -0.3 is 9.84 Å². The van der Waals surface area contributed by atoms with E-state index in [2.05, 4.69) is 0 Å². The lowest BCUT2D eigenvalue weighted by Gasteiger charge is -2.13. The molecule has 0 saturated heterocycles. The summed E-state index contributed by atoms with van der Waals surface area (Å²) >= 11 is 6.06. The smallest absolute Gasteiger partial charge is 0.311 e. The third-order valence-corrected chi connectivity index (χ3v) is 3.27. The molecule has 0 aromatic heterocycles. The van der Waals surface area contributed by atoms with Gasteiger partial charge in [-0.2, -0.15) is 0 Å². The first-order chi connectivity index (χ1) is 8.13. The summed E-state index contributed by atoms with van der Waals surface area (Å²) in [6, 6.07) is 5.26. The van der Waals surface area contributed by atoms with Crippen molar-refractivity contribution >= 4 is 17.6 Å². The molecule has 0 bridgehead atoms. The average Bonchev–Trinajstić information content (AvgIpc) is 3.06. The van der Waals surface area contributed by atoms with Crippen molar-refractivity contribution in [3.63, 3.8) is 0 Å². The summed E-state index contributed by atoms with van der Waals surface area (Å²) in [5.74, 6) is -0.324. The van der Waals surface area contributed by atoms with E-state index in [1.54, 1.807) is 18.2 Å². The molecule has 2 rings (SSSR count). The number of aliphatic carboxylic acids is 1. The Hall–Kier alpha value is -1.22. The molecule has 17 heavy (non-hydrogen) atoms. The van der Waals surface area contributed by atoms with Crippen molar-refractivity contribution in [2.45, 2.75) is 25.7 Å². The molecule has 0 amide bonds. The van der Waals surface area contributed by atoms with Crippen LogP contribution in [0.2, 0.25) is 5.02 Å². The molecule has 0 radical (unpaired) electrons. The van der Waals surface area contributed by atoms with Crippen LogP contribution in [0.4, 0.5) is 0 Å². The first-order valence-corrected chi connectivity index (χ1v) is 6.16. The monoisotopic (exact) mass is 254 g/mol. The third kappa shape index (κ3) is 2.72. The molecule has 0 heterocycles. The van der Waals surface area contributed by atoms with Crippen LogP contribution in [0.3, 0.4) is 0 Å². The van der Waals surface area contributed by atoms with Crippen LogP contribution in [-0.2, 0) is 4.79 Å². The van der Waals surface area contributed by atoms with Gasteiger partial charge in [-0.15, -0.1) is 0 Å². The van der Waals surface area contributed by atoms with Gasteiger partial charge in [-0.05, 0) is 43.4 Å². The summed E-state index contributed by atoms with van der Waals surface area (Å²) in [6.45, 7) is 2.43. The lowest BCUT2D eigenvalue weighted by Crippen LogP contribution is -2.13. The van der Waals surface area contributed by atoms with E-state index in [1.165, 1.54) is 0 Å². The maximum absolute atomic E-state index is 11.2. The predicted molar refractivity (Wildman–Crippen MR) is 65.7 cm³/mol. The molecular weight excluding hydrogens is 240 g/mol. The maximum atomic E-state index is 11.2. The molecule has 1 aromatic rings. The third-order valence-electron chi connectivity index (χ3n) is 2.97. The van der Waals surface area contributed by atoms with Gasteiger partial charge in [0.05, 0.1) is 17.5 Å². The van der Waals surface area contributed by atoms with Crippen LogP contribution in [0, 0.1) is 5.92 Å². The van der Waals surface area contributed by atoms with Crippen LogP contribution >= 0.6 is 11.6 Å². The number of ether oxygens (including phenoxy) is 1. The zero-order chi connectivity index (χ0) is 12.4. The molecule has 1 N–H and O–H groups in total. The normalized spacial score (nSPS) is 16.6. The Kier molecular flexibility index (Phi) is 3.57. The Morgan fingerprint density at radius 3 is 2.76 bits per heavy atom. The Morgan fingerprint density at radius 2 is 2.29 bits per heavy atom. The zero-order valence-corrected chi connectivity index (χ0v) is 10.4. The van der Waals surface area contributed by atoms with Crippen LogP contribution in [0.25, 0.3) is 0 Å². The predicted octanol–water partition coefficient (Wildman–Crippen LogP) is 3.32. The second-order valence-electron chi connectivity index (χ2n) is 4.28. The van der Waals surface area contributed by atoms with Crippen LogP contribution in [0.15, 0.2) is 18.2 Å². The van der Waals surface area contributed by atoms with Crippen LogP contribution in [0.5, 0.6) is 5.75 Å². The summed E-state index contributed by atoms with van der Waals surface area (Å²) in [4.78, 5) is 11.2. The van der Waals surface area contributed by atoms with Gasteiger partial charge in [0.25, 0.3) is 0 Å². The lowest BCUT2D eigenvalue weighted by molar-refractivity contribution is -0.139. The highest BCUT2D eigenvalue weighted by Crippen LogP contribution is 2.43. The van der Waals surface area contributed by atoms with Crippen LogP contribution < -0.4 is 4.74 Å². The van der Waals surface area contributed by atoms with Gasteiger partial charge in [-0.3, -0.25) is 4.79 Å². The molecule has 0 aliphatic heterocycles. The second-order valence-corrected chi connectivity index (χ2v) is 4.68. The van der Waals surface area contributed by atoms with Crippen molar-refractivity contribution in [1.29, 1.82) is 0 Å². The van der Waals surface area contributed by atoms with Crippen molar-refractivity contribution < 1.29 is 14.6 Å². The standard InChI is InChI=1S/C13H15ClO3/c1-2-17-11-6-5-9(7-10(11)14)12(13(15)16)8-3-4-8/h5-8,12H,2-4H2,1H3,(H,15,16). The van der Waals surface area contributed by atoms with E-state index in [1.807, 2.05) is 6.92 Å². The van der Waals surface area contributed by atoms with Gasteiger partial charge in [0, 0.05) is 0 Å². The molecule has 1 aromatic carbocycles. The van der Waals surface area contributed by atoms with Crippen LogP contribution in [-0.4, -0.2) is 17.7 Å². The largest absolute Gasteiger partial charge is 0.492 e. The van der Waals surface area contributed by atoms with Gasteiger partial charge >= 0.3 is 5.97 Å². The van der Waals surface area contributed by atoms with Crippen LogP contribution in [0.1, 0.15) is 31.2 Å². The molecule has 1 unspecified atom stereocenters. The number of hydrogen-bond acceptors (Lipinski definition) is 2. The number of carboxylic acid groups (broad SMARTS) is 1. The molecule has 4 heteroatoms. The van der Waals surface area contributed by atoms with E-state index in [0.717, 1.165) is 18.4 Å². The molecule has 1 aliphatic carbocycles. The fourth-order valence-corrected chi connectivity index (χ4v) is 2.27. The van der Waals surface area contributed by atoms with Gasteiger partial charge in [0.2, 0.25) is 0 Å². The highest BCUT2D eigenvalue weighted by Gasteiger charge is 2.37. The maximum Gasteiger partial charge on any atom is 0.311 e. The average molecular weight is 255 g/mol. The molecular formula is C13H15ClO3. The summed E-state index contributed by atoms with van der Waals surface area (Å²) in [6.07, 6.45) is 1.98. The Morgan fingerprint density at radius 1 is 1.59 bits per heavy atom. The van der Waals surface area contributed by atoms with Crippen molar-refractivity contribution in [3.05, 3.63) is 28.8 Å². The van der Waals surface area contributed by atoms with Crippen molar-refractivity contribution in [1.82, 2.24) is 0 Å². The minimum Gasteiger partial charge on any atom is -0.492 e. The van der Waals surface area contributed by atoms with E-state index in [0.29, 0.717) is 17.4 Å². The van der Waals surface area contributed by atoms with E-state index < -0.39 is 11.9 Å². The highest BCUT2D eigenvalue weighted by molar-refractivity contribution is 6.32. The summed E-state index contributed by atoms with van der Waals surface area (Å²) < 4.78 is 5.33. The summed E-state index contributed by atoms with van der Waals surface area (Å²) in [7, 11) is 0. The zero-order valence-electron chi connectivity index (χ0n) is 9.65. The summed E-state index contributed by atoms with van der Waals surface area (Å²) in [5.41, 5.74) is 0.772. The first-order valence-electron chi connectivity index (χ1n) is 5.78. The minimum atomic E-state index is -0.771. The van der Waals surface area contributed by atoms with Crippen molar-refractivity contribution in [3.8, 4) is 5.75 Å². The van der Waals surface area contributed by atoms with Gasteiger partial charge in [0.1, 0.15) is 5.75 Å². The number of carbonyl (C=O) groups is 1. The van der Waals surface area contributed by atoms with E-state index in [4.69, 9.17) is 16.3 Å². The van der Waals surface area contributed by atoms with Gasteiger partial charge in [-0.25, -0.2) is 0 Å². The van der Waals surface area contributed by atoms with Crippen molar-refractivity contribution in [2.75, 3.05) is 6.61 Å². The summed E-state index contributed by atoms with van der Waals surface area (Å²) in [5, 5.41) is 9.71. The van der Waals surface area contributed by atoms with Crippen molar-refractivity contribution in [2.24, 2.45) is 5.92 Å². The van der Waals surface area contributed by atoms with Gasteiger partial charge in [-0.1, -0.05) is 17.7 Å². The number of hydrogen-bond donors (Lipinski definition) is 1. The topological polar surface area (TPSA) is 46.5 Å². The number of carboxylic acids is 1. The molecule has 1 aliphatic rings. The van der Waals surface area contributed by atoms with E-state index in [9.17, 15) is 9.90 Å². The first kappa shape index (κ1) is 12.2. The Balaban J connectivity index is 2.25. The second kappa shape index (κ2) is 4.96. The fourth-order valence-electron chi connectivity index (χ4n) is 2.03. The Labute approximate surface area is 105 Å².